The maximum atomic E-state index is 12.4. The minimum absolute atomic E-state index is 0.0631. The number of carbonyl (C=O) groups is 1. The van der Waals surface area contributed by atoms with Gasteiger partial charge in [0.15, 0.2) is 0 Å². The van der Waals surface area contributed by atoms with Gasteiger partial charge in [-0.3, -0.25) is 9.72 Å². The lowest BCUT2D eigenvalue weighted by Gasteiger charge is -2.20. The molecule has 2 aromatic heterocycles. The van der Waals surface area contributed by atoms with Crippen molar-refractivity contribution in [3.8, 4) is 17.0 Å². The van der Waals surface area contributed by atoms with Crippen molar-refractivity contribution in [2.24, 2.45) is 0 Å². The lowest BCUT2D eigenvalue weighted by Crippen LogP contribution is -2.30. The lowest BCUT2D eigenvalue weighted by atomic mass is 10.1. The number of carbonyl (C=O) groups excluding carboxylic acids is 1. The van der Waals surface area contributed by atoms with E-state index in [0.717, 1.165) is 5.82 Å². The average Bonchev–Trinajstić information content (AvgIpc) is 3.44. The molecule has 1 fully saturated rings. The lowest BCUT2D eigenvalue weighted by molar-refractivity contribution is 0.0635. The third-order valence-corrected chi connectivity index (χ3v) is 7.84. The molecule has 1 amide bonds. The van der Waals surface area contributed by atoms with Gasteiger partial charge in [-0.2, -0.15) is 0 Å². The van der Waals surface area contributed by atoms with Crippen molar-refractivity contribution in [1.82, 2.24) is 18.7 Å². The van der Waals surface area contributed by atoms with Gasteiger partial charge in [0.2, 0.25) is 10.0 Å². The van der Waals surface area contributed by atoms with Crippen molar-refractivity contribution in [3.63, 3.8) is 0 Å². The molecule has 0 unspecified atom stereocenters. The predicted octanol–water partition coefficient (Wildman–Crippen LogP) is 3.47. The van der Waals surface area contributed by atoms with Crippen LogP contribution in [0.5, 0.6) is 5.75 Å². The minimum atomic E-state index is -3.28. The molecule has 0 radical (unpaired) electrons. The smallest absolute Gasteiger partial charge is 0.412 e. The Morgan fingerprint density at radius 1 is 1.31 bits per heavy atom. The third-order valence-electron chi connectivity index (χ3n) is 6.00. The molecule has 3 aromatic rings. The van der Waals surface area contributed by atoms with E-state index in [4.69, 9.17) is 20.2 Å². The Kier molecular flexibility index (Phi) is 6.84. The molecular weight excluding hydrogens is 484 g/mol. The Balaban J connectivity index is 1.72. The van der Waals surface area contributed by atoms with E-state index in [0.29, 0.717) is 53.5 Å². The van der Waals surface area contributed by atoms with Crippen molar-refractivity contribution >= 4 is 33.1 Å². The van der Waals surface area contributed by atoms with Gasteiger partial charge in [-0.25, -0.2) is 27.5 Å². The number of nitrogens with two attached hydrogens (primary N) is 1. The summed E-state index contributed by atoms with van der Waals surface area (Å²) in [6, 6.07) is 5.27. The summed E-state index contributed by atoms with van der Waals surface area (Å²) in [5.41, 5.74) is 8.00. The molecule has 1 aliphatic rings. The van der Waals surface area contributed by atoms with Crippen molar-refractivity contribution in [3.05, 3.63) is 36.4 Å². The number of aromatic nitrogens is 3. The number of nitrogen functional groups attached to an aromatic ring is 1. The molecule has 0 bridgehead atoms. The number of sulfonamides is 1. The van der Waals surface area contributed by atoms with E-state index in [-0.39, 0.29) is 11.7 Å². The number of rotatable bonds is 6. The zero-order chi connectivity index (χ0) is 26.3. The maximum absolute atomic E-state index is 12.4. The quantitative estimate of drug-likeness (QED) is 0.507. The summed E-state index contributed by atoms with van der Waals surface area (Å²) in [6.45, 7) is 7.81. The number of imidazole rings is 1. The van der Waals surface area contributed by atoms with Crippen LogP contribution in [-0.4, -0.2) is 64.7 Å². The van der Waals surface area contributed by atoms with E-state index >= 15 is 0 Å². The molecule has 4 rings (SSSR count). The van der Waals surface area contributed by atoms with Gasteiger partial charge < -0.3 is 15.2 Å². The summed E-state index contributed by atoms with van der Waals surface area (Å²) in [4.78, 5) is 21.4. The zero-order valence-electron chi connectivity index (χ0n) is 21.1. The molecule has 3 heterocycles. The number of amides is 1. The summed E-state index contributed by atoms with van der Waals surface area (Å²) in [7, 11) is -1.78. The second kappa shape index (κ2) is 9.58. The maximum Gasteiger partial charge on any atom is 0.412 e. The number of methoxy groups -OCH3 is 1. The van der Waals surface area contributed by atoms with Gasteiger partial charge in [0.1, 0.15) is 34.2 Å². The number of benzene rings is 1. The summed E-state index contributed by atoms with van der Waals surface area (Å²) < 4.78 is 39.0. The number of nitrogens with zero attached hydrogens (tertiary/aromatic N) is 4. The van der Waals surface area contributed by atoms with E-state index in [1.54, 1.807) is 58.3 Å². The third kappa shape index (κ3) is 5.09. The Morgan fingerprint density at radius 2 is 2.06 bits per heavy atom. The van der Waals surface area contributed by atoms with Crippen LogP contribution in [-0.2, 0) is 14.8 Å². The second-order valence-corrected chi connectivity index (χ2v) is 11.9. The van der Waals surface area contributed by atoms with E-state index < -0.39 is 21.7 Å². The van der Waals surface area contributed by atoms with Gasteiger partial charge in [-0.05, 0) is 46.2 Å². The van der Waals surface area contributed by atoms with Gasteiger partial charge in [0.05, 0.1) is 18.6 Å². The van der Waals surface area contributed by atoms with Gasteiger partial charge >= 0.3 is 6.09 Å². The van der Waals surface area contributed by atoms with Crippen LogP contribution in [0.25, 0.3) is 16.8 Å². The van der Waals surface area contributed by atoms with E-state index in [1.807, 2.05) is 4.40 Å². The molecule has 0 aliphatic carbocycles. The molecule has 194 valence electrons. The number of fused-ring (bicyclic) bond motifs is 1. The number of hydrogen-bond acceptors (Lipinski definition) is 8. The molecule has 12 heteroatoms. The molecular formula is C24H32N6O5S. The highest BCUT2D eigenvalue weighted by Gasteiger charge is 2.34. The first kappa shape index (κ1) is 25.7. The largest absolute Gasteiger partial charge is 0.495 e. The molecule has 0 spiro atoms. The molecule has 1 aliphatic heterocycles. The molecule has 11 nitrogen and oxygen atoms in total. The Bertz CT molecular complexity index is 1400. The Labute approximate surface area is 210 Å². The molecule has 1 saturated heterocycles. The summed E-state index contributed by atoms with van der Waals surface area (Å²) in [5, 5.41) is 2.71. The SMILES string of the molecule is CCS(=O)(=O)N1CC[C@@H](c2nc(-c3ccc(NC(=O)OC(C)(C)C)c(OC)c3)c3c(N)nccn23)C1. The highest BCUT2D eigenvalue weighted by molar-refractivity contribution is 7.89. The molecule has 1 aromatic carbocycles. The monoisotopic (exact) mass is 516 g/mol. The van der Waals surface area contributed by atoms with E-state index in [1.165, 1.54) is 11.4 Å². The fourth-order valence-corrected chi connectivity index (χ4v) is 5.46. The number of hydrogen-bond donors (Lipinski definition) is 2. The minimum Gasteiger partial charge on any atom is -0.495 e. The summed E-state index contributed by atoms with van der Waals surface area (Å²) >= 11 is 0. The van der Waals surface area contributed by atoms with Gasteiger partial charge in [0.25, 0.3) is 0 Å². The van der Waals surface area contributed by atoms with Crippen molar-refractivity contribution in [2.45, 2.75) is 45.6 Å². The Morgan fingerprint density at radius 3 is 2.72 bits per heavy atom. The number of ether oxygens (including phenoxy) is 2. The van der Waals surface area contributed by atoms with E-state index in [2.05, 4.69) is 10.3 Å². The molecule has 3 N–H and O–H groups in total. The fraction of sp³-hybridized carbons (Fsp3) is 0.458. The van der Waals surface area contributed by atoms with Crippen LogP contribution < -0.4 is 15.8 Å². The second-order valence-electron chi connectivity index (χ2n) is 9.64. The van der Waals surface area contributed by atoms with Gasteiger partial charge in [-0.15, -0.1) is 0 Å². The van der Waals surface area contributed by atoms with Crippen LogP contribution in [0.2, 0.25) is 0 Å². The van der Waals surface area contributed by atoms with E-state index in [9.17, 15) is 13.2 Å². The summed E-state index contributed by atoms with van der Waals surface area (Å²) in [6.07, 6.45) is 3.44. The van der Waals surface area contributed by atoms with Crippen LogP contribution in [0.4, 0.5) is 16.3 Å². The van der Waals surface area contributed by atoms with Gasteiger partial charge in [-0.1, -0.05) is 6.07 Å². The van der Waals surface area contributed by atoms with Crippen LogP contribution in [0.1, 0.15) is 45.9 Å². The zero-order valence-corrected chi connectivity index (χ0v) is 21.9. The standard InChI is InChI=1S/C24H32N6O5S/c1-6-36(32,33)29-11-9-16(14-29)22-28-19(20-21(25)26-10-12-30(20)22)15-7-8-17(18(13-15)34-5)27-23(31)35-24(2,3)4/h7-8,10,12-13,16H,6,9,11,14H2,1-5H3,(H2,25,26)(H,27,31)/t16-/m1/s1. The number of nitrogens with one attached hydrogen (secondary N) is 1. The first-order valence-corrected chi connectivity index (χ1v) is 13.3. The average molecular weight is 517 g/mol. The van der Waals surface area contributed by atoms with Crippen molar-refractivity contribution < 1.29 is 22.7 Å². The fourth-order valence-electron chi connectivity index (χ4n) is 4.31. The van der Waals surface area contributed by atoms with Gasteiger partial charge in [0, 0.05) is 37.0 Å². The first-order valence-electron chi connectivity index (χ1n) is 11.7. The van der Waals surface area contributed by atoms with Crippen molar-refractivity contribution in [2.75, 3.05) is 37.0 Å². The normalized spacial score (nSPS) is 16.9. The first-order chi connectivity index (χ1) is 16.9. The highest BCUT2D eigenvalue weighted by Crippen LogP contribution is 2.37. The number of anilines is 2. The molecule has 0 saturated carbocycles. The highest BCUT2D eigenvalue weighted by atomic mass is 32.2. The van der Waals surface area contributed by atoms with Crippen LogP contribution in [0.15, 0.2) is 30.6 Å². The molecule has 36 heavy (non-hydrogen) atoms. The van der Waals surface area contributed by atoms with Crippen molar-refractivity contribution in [1.29, 1.82) is 0 Å². The Hall–Kier alpha value is -3.38. The van der Waals surface area contributed by atoms with Crippen LogP contribution >= 0.6 is 0 Å². The van der Waals surface area contributed by atoms with Crippen LogP contribution in [0, 0.1) is 0 Å². The van der Waals surface area contributed by atoms with Crippen LogP contribution in [0.3, 0.4) is 0 Å². The predicted molar refractivity (Wildman–Crippen MR) is 138 cm³/mol. The topological polar surface area (TPSA) is 141 Å². The molecule has 1 atom stereocenters. The summed E-state index contributed by atoms with van der Waals surface area (Å²) in [5.74, 6) is 1.41.